The molecule has 30 rings (SSSR count). The summed E-state index contributed by atoms with van der Waals surface area (Å²) in [6, 6.07) is 206. The zero-order valence-electron chi connectivity index (χ0n) is 79.3. The summed E-state index contributed by atoms with van der Waals surface area (Å²) in [4.78, 5) is 5.08. The van der Waals surface area contributed by atoms with Gasteiger partial charge in [-0.05, 0) is 253 Å². The van der Waals surface area contributed by atoms with Gasteiger partial charge in [-0.3, -0.25) is 0 Å². The lowest BCUT2D eigenvalue weighted by Crippen LogP contribution is -2.33. The molecule has 0 saturated carbocycles. The van der Waals surface area contributed by atoms with Crippen molar-refractivity contribution in [2.75, 3.05) is 9.80 Å². The fraction of sp³-hybridized carbons (Fsp3) is 0.0213. The van der Waals surface area contributed by atoms with E-state index < -0.39 is 16.2 Å². The number of hydrogen-bond acceptors (Lipinski definition) is 2. The van der Waals surface area contributed by atoms with Crippen LogP contribution < -0.4 is 9.80 Å². The molecule has 4 heteroatoms. The molecule has 2 unspecified atom stereocenters. The molecule has 674 valence electrons. The van der Waals surface area contributed by atoms with Crippen LogP contribution >= 0.6 is 0 Å². The SMILES string of the molecule is c1ccc(-c2ccc(-c3ccccc3N(c3ccc4c(c3)C(c3ccccc3)(c3ccccc3)c3ccccc3-4)c3ccccc3-c3ccc4c(c3)C3(c5ccccc5-4)c4ccccc4-n4c5ccccc5c5cccc3c54)c(-c3cccc(-c4ccc(-c5ccccc5N(c5ccccc5)c5ccccc5-c5ccc6c(c5)C5(c7ccccc7-6)c6ccccc6-n6c7ccccc7c7cccc5c76)cc4)c3)c2)cc1. The zero-order valence-corrected chi connectivity index (χ0v) is 79.3. The Bertz CT molecular complexity index is 9620. The molecule has 23 aromatic carbocycles. The molecule has 2 aromatic heterocycles. The Balaban J connectivity index is 0.565. The smallest absolute Gasteiger partial charge is 0.0754 e. The first-order valence-electron chi connectivity index (χ1n) is 50.5. The number of fused-ring (bicyclic) bond motifs is 27. The summed E-state index contributed by atoms with van der Waals surface area (Å²) in [5.41, 5.74) is 50.1. The quantitative estimate of drug-likeness (QED) is 0.102. The molecule has 0 saturated heterocycles. The van der Waals surface area contributed by atoms with Crippen LogP contribution in [-0.2, 0) is 16.2 Å². The van der Waals surface area contributed by atoms with Crippen LogP contribution in [0.15, 0.2) is 546 Å². The second-order valence-corrected chi connectivity index (χ2v) is 39.4. The molecule has 0 N–H and O–H groups in total. The molecule has 5 aliphatic rings. The predicted octanol–water partition coefficient (Wildman–Crippen LogP) is 36.2. The van der Waals surface area contributed by atoms with Crippen LogP contribution in [0.1, 0.15) is 66.8 Å². The van der Waals surface area contributed by atoms with Gasteiger partial charge in [-0.15, -0.1) is 0 Å². The number of benzene rings is 23. The van der Waals surface area contributed by atoms with E-state index in [1.807, 2.05) is 0 Å². The lowest BCUT2D eigenvalue weighted by molar-refractivity contribution is 0.749. The number of hydrogen-bond donors (Lipinski definition) is 0. The van der Waals surface area contributed by atoms with E-state index >= 15 is 0 Å². The van der Waals surface area contributed by atoms with Gasteiger partial charge in [0.1, 0.15) is 0 Å². The zero-order chi connectivity index (χ0) is 95.2. The van der Waals surface area contributed by atoms with Crippen LogP contribution in [0.25, 0.3) is 166 Å². The lowest BCUT2D eigenvalue weighted by Gasteiger charge is -2.39. The van der Waals surface area contributed by atoms with Crippen LogP contribution in [0.3, 0.4) is 0 Å². The third-order valence-corrected chi connectivity index (χ3v) is 32.4. The molecule has 4 heterocycles. The first kappa shape index (κ1) is 82.2. The second-order valence-electron chi connectivity index (χ2n) is 39.4. The third kappa shape index (κ3) is 11.8. The summed E-state index contributed by atoms with van der Waals surface area (Å²) in [7, 11) is 0. The highest BCUT2D eigenvalue weighted by Gasteiger charge is 2.54. The Morgan fingerprint density at radius 2 is 0.455 bits per heavy atom. The molecule has 0 fully saturated rings. The number of nitrogens with zero attached hydrogens (tertiary/aromatic N) is 4. The summed E-state index contributed by atoms with van der Waals surface area (Å²) in [5.74, 6) is 0. The van der Waals surface area contributed by atoms with Gasteiger partial charge in [0.15, 0.2) is 0 Å². The fourth-order valence-electron chi connectivity index (χ4n) is 26.6. The Hall–Kier alpha value is -18.7. The minimum atomic E-state index is -0.687. The first-order chi connectivity index (χ1) is 72.0. The summed E-state index contributed by atoms with van der Waals surface area (Å²) in [6.07, 6.45) is 0. The van der Waals surface area contributed by atoms with Crippen LogP contribution in [0, 0.1) is 0 Å². The normalized spacial score (nSPS) is 14.7. The number of anilines is 6. The van der Waals surface area contributed by atoms with Gasteiger partial charge in [-0.2, -0.15) is 0 Å². The summed E-state index contributed by atoms with van der Waals surface area (Å²) >= 11 is 0. The van der Waals surface area contributed by atoms with E-state index in [0.717, 1.165) is 112 Å². The van der Waals surface area contributed by atoms with Gasteiger partial charge in [0.05, 0.1) is 72.4 Å². The van der Waals surface area contributed by atoms with Crippen LogP contribution in [0.2, 0.25) is 0 Å². The van der Waals surface area contributed by atoms with E-state index in [0.29, 0.717) is 0 Å². The number of rotatable bonds is 15. The van der Waals surface area contributed by atoms with Crippen LogP contribution in [-0.4, -0.2) is 9.13 Å². The lowest BCUT2D eigenvalue weighted by atomic mass is 9.65. The van der Waals surface area contributed by atoms with Crippen molar-refractivity contribution in [2.45, 2.75) is 16.2 Å². The van der Waals surface area contributed by atoms with Gasteiger partial charge in [0, 0.05) is 55.2 Å². The largest absolute Gasteiger partial charge is 0.309 e. The average molecular weight is 1840 g/mol. The highest BCUT2D eigenvalue weighted by atomic mass is 15.2. The fourth-order valence-corrected chi connectivity index (χ4v) is 26.6. The second kappa shape index (κ2) is 32.2. The molecule has 2 spiro atoms. The van der Waals surface area contributed by atoms with E-state index in [9.17, 15) is 0 Å². The van der Waals surface area contributed by atoms with E-state index in [-0.39, 0.29) is 0 Å². The molecule has 4 nitrogen and oxygen atoms in total. The predicted molar refractivity (Wildman–Crippen MR) is 602 cm³/mol. The van der Waals surface area contributed by atoms with Crippen molar-refractivity contribution in [3.05, 3.63) is 613 Å². The summed E-state index contributed by atoms with van der Waals surface area (Å²) < 4.78 is 5.08. The number of aromatic nitrogens is 2. The van der Waals surface area contributed by atoms with Gasteiger partial charge in [-0.25, -0.2) is 0 Å². The summed E-state index contributed by atoms with van der Waals surface area (Å²) in [5, 5.41) is 5.04. The maximum absolute atomic E-state index is 2.60. The maximum Gasteiger partial charge on any atom is 0.0754 e. The molecule has 0 radical (unpaired) electrons. The molecular formula is C141H90N4. The van der Waals surface area contributed by atoms with Crippen molar-refractivity contribution in [1.82, 2.24) is 9.13 Å². The molecule has 0 bridgehead atoms. The average Bonchev–Trinajstić information content (AvgIpc) is 1.51. The van der Waals surface area contributed by atoms with Crippen molar-refractivity contribution < 1.29 is 0 Å². The van der Waals surface area contributed by atoms with Gasteiger partial charge in [0.2, 0.25) is 0 Å². The molecule has 3 aliphatic carbocycles. The molecule has 25 aromatic rings. The van der Waals surface area contributed by atoms with Crippen molar-refractivity contribution in [1.29, 1.82) is 0 Å². The van der Waals surface area contributed by atoms with Gasteiger partial charge >= 0.3 is 0 Å². The van der Waals surface area contributed by atoms with Crippen molar-refractivity contribution in [3.8, 4) is 123 Å². The Morgan fingerprint density at radius 3 is 0.972 bits per heavy atom. The topological polar surface area (TPSA) is 16.3 Å². The van der Waals surface area contributed by atoms with E-state index in [1.165, 1.54) is 155 Å². The monoisotopic (exact) mass is 1840 g/mol. The molecule has 2 aliphatic heterocycles. The molecule has 2 atom stereocenters. The van der Waals surface area contributed by atoms with Gasteiger partial charge < -0.3 is 18.9 Å². The minimum Gasteiger partial charge on any atom is -0.309 e. The minimum absolute atomic E-state index is 0.614. The van der Waals surface area contributed by atoms with Gasteiger partial charge in [0.25, 0.3) is 0 Å². The summed E-state index contributed by atoms with van der Waals surface area (Å²) in [6.45, 7) is 0. The highest BCUT2D eigenvalue weighted by Crippen LogP contribution is 2.66. The van der Waals surface area contributed by atoms with E-state index in [4.69, 9.17) is 0 Å². The first-order valence-corrected chi connectivity index (χ1v) is 50.5. The Labute approximate surface area is 842 Å². The Morgan fingerprint density at radius 1 is 0.145 bits per heavy atom. The third-order valence-electron chi connectivity index (χ3n) is 32.4. The van der Waals surface area contributed by atoms with Crippen molar-refractivity contribution in [2.24, 2.45) is 0 Å². The van der Waals surface area contributed by atoms with E-state index in [1.54, 1.807) is 0 Å². The van der Waals surface area contributed by atoms with Crippen molar-refractivity contribution >= 4 is 77.7 Å². The van der Waals surface area contributed by atoms with Gasteiger partial charge in [-0.1, -0.05) is 449 Å². The molecule has 145 heavy (non-hydrogen) atoms. The maximum atomic E-state index is 2.60. The van der Waals surface area contributed by atoms with Crippen molar-refractivity contribution in [3.63, 3.8) is 0 Å². The standard InChI is InChI=1S/C141H90N4/c1-5-38-91(39-6-1)95-78-82-106(118(87-95)96-41-35-40-94(86-96)92-74-76-93(77-75-92)103-48-16-27-66-129(103)142(101-46-11-4-12-47-101)130-67-28-17-49-104(130)97-79-83-110-108-52-14-23-60-120(108)140(126(110)88-97)122-62-25-33-72-135(122)144-133-70-31-20-55-114(133)116-57-36-64-124(140)137(116)144)113-54-19-30-69-132(113)143(102-81-85-112-107-51-13-22-59-119(107)139(128(112)90-102,99-42-7-2-8-43-99)100-44-9-3-10-45-100)131-68-29-18-50-105(131)98-80-84-111-109-53-15-24-61-121(109)141(127(111)89-98)123-63-26-34-73-136(123)145-134-71-32-21-56-115(134)117-58-37-65-125(141)138(117)145/h1-90H. The molecular weight excluding hydrogens is 1750 g/mol. The highest BCUT2D eigenvalue weighted by molar-refractivity contribution is 6.16. The molecule has 0 amide bonds. The van der Waals surface area contributed by atoms with Crippen LogP contribution in [0.5, 0.6) is 0 Å². The van der Waals surface area contributed by atoms with Crippen LogP contribution in [0.4, 0.5) is 34.1 Å². The Kier molecular flexibility index (Phi) is 18.2. The van der Waals surface area contributed by atoms with E-state index in [2.05, 4.69) is 565 Å². The number of para-hydroxylation sites is 11.